The summed E-state index contributed by atoms with van der Waals surface area (Å²) in [6, 6.07) is 7.86. The first-order valence-electron chi connectivity index (χ1n) is 5.21. The molecule has 6 nitrogen and oxygen atoms in total. The lowest BCUT2D eigenvalue weighted by atomic mass is 10.2. The summed E-state index contributed by atoms with van der Waals surface area (Å²) in [6.07, 6.45) is 0. The van der Waals surface area contributed by atoms with Crippen molar-refractivity contribution in [2.24, 2.45) is 5.73 Å². The molecular formula is C12H11N3O3. The van der Waals surface area contributed by atoms with Crippen LogP contribution in [0.2, 0.25) is 0 Å². The summed E-state index contributed by atoms with van der Waals surface area (Å²) >= 11 is 0. The first kappa shape index (κ1) is 11.8. The van der Waals surface area contributed by atoms with Crippen molar-refractivity contribution in [2.45, 2.75) is 6.92 Å². The fourth-order valence-electron chi connectivity index (χ4n) is 1.42. The fourth-order valence-corrected chi connectivity index (χ4v) is 1.42. The zero-order chi connectivity index (χ0) is 13.1. The summed E-state index contributed by atoms with van der Waals surface area (Å²) < 4.78 is 4.80. The lowest BCUT2D eigenvalue weighted by Gasteiger charge is -2.03. The van der Waals surface area contributed by atoms with Crippen molar-refractivity contribution >= 4 is 17.5 Å². The van der Waals surface area contributed by atoms with E-state index in [1.807, 2.05) is 0 Å². The second kappa shape index (κ2) is 4.70. The van der Waals surface area contributed by atoms with Gasteiger partial charge in [0, 0.05) is 17.3 Å². The largest absolute Gasteiger partial charge is 0.366 e. The molecule has 0 bridgehead atoms. The van der Waals surface area contributed by atoms with Crippen LogP contribution < -0.4 is 11.1 Å². The maximum Gasteiger partial charge on any atom is 0.277 e. The van der Waals surface area contributed by atoms with Crippen LogP contribution in [0.15, 0.2) is 34.9 Å². The molecule has 92 valence electrons. The number of aromatic nitrogens is 1. The molecule has 1 aromatic carbocycles. The van der Waals surface area contributed by atoms with Crippen LogP contribution in [-0.2, 0) is 0 Å². The van der Waals surface area contributed by atoms with E-state index in [4.69, 9.17) is 10.3 Å². The first-order valence-corrected chi connectivity index (χ1v) is 5.21. The molecule has 6 heteroatoms. The van der Waals surface area contributed by atoms with Gasteiger partial charge in [-0.1, -0.05) is 11.2 Å². The standard InChI is InChI=1S/C12H11N3O3/c1-7-5-10(15-18-7)12(17)14-9-4-2-3-8(6-9)11(13)16/h2-6H,1H3,(H2,13,16)(H,14,17). The average molecular weight is 245 g/mol. The summed E-state index contributed by atoms with van der Waals surface area (Å²) in [5.74, 6) is -0.414. The lowest BCUT2D eigenvalue weighted by molar-refractivity contribution is 0.0994. The molecule has 2 rings (SSSR count). The SMILES string of the molecule is Cc1cc(C(=O)Nc2cccc(C(N)=O)c2)no1. The Morgan fingerprint density at radius 3 is 2.72 bits per heavy atom. The number of anilines is 1. The van der Waals surface area contributed by atoms with Crippen LogP contribution in [0, 0.1) is 6.92 Å². The second-order valence-electron chi connectivity index (χ2n) is 3.72. The molecule has 2 amide bonds. The van der Waals surface area contributed by atoms with Crippen molar-refractivity contribution < 1.29 is 14.1 Å². The number of carbonyl (C=O) groups excluding carboxylic acids is 2. The van der Waals surface area contributed by atoms with Crippen LogP contribution >= 0.6 is 0 Å². The highest BCUT2D eigenvalue weighted by Gasteiger charge is 2.11. The van der Waals surface area contributed by atoms with Gasteiger partial charge in [-0.05, 0) is 25.1 Å². The van der Waals surface area contributed by atoms with Gasteiger partial charge in [0.05, 0.1) is 0 Å². The Balaban J connectivity index is 2.16. The monoisotopic (exact) mass is 245 g/mol. The molecule has 0 fully saturated rings. The van der Waals surface area contributed by atoms with Crippen molar-refractivity contribution in [1.82, 2.24) is 5.16 Å². The Morgan fingerprint density at radius 2 is 2.11 bits per heavy atom. The average Bonchev–Trinajstić information content (AvgIpc) is 2.76. The number of carbonyl (C=O) groups is 2. The number of benzene rings is 1. The molecule has 3 N–H and O–H groups in total. The van der Waals surface area contributed by atoms with Crippen LogP contribution in [0.3, 0.4) is 0 Å². The molecule has 0 atom stereocenters. The second-order valence-corrected chi connectivity index (χ2v) is 3.72. The van der Waals surface area contributed by atoms with Crippen LogP contribution in [0.4, 0.5) is 5.69 Å². The van der Waals surface area contributed by atoms with Crippen LogP contribution in [0.5, 0.6) is 0 Å². The summed E-state index contributed by atoms with van der Waals surface area (Å²) in [6.45, 7) is 1.69. The van der Waals surface area contributed by atoms with E-state index in [0.717, 1.165) is 0 Å². The summed E-state index contributed by atoms with van der Waals surface area (Å²) in [5.41, 5.74) is 6.12. The molecule has 2 aromatic rings. The highest BCUT2D eigenvalue weighted by molar-refractivity contribution is 6.03. The van der Waals surface area contributed by atoms with Gasteiger partial charge in [0.2, 0.25) is 5.91 Å². The number of rotatable bonds is 3. The van der Waals surface area contributed by atoms with Crippen LogP contribution in [0.1, 0.15) is 26.6 Å². The third kappa shape index (κ3) is 2.54. The van der Waals surface area contributed by atoms with Gasteiger partial charge in [0.25, 0.3) is 5.91 Å². The number of hydrogen-bond donors (Lipinski definition) is 2. The molecule has 0 radical (unpaired) electrons. The number of nitrogens with two attached hydrogens (primary N) is 1. The van der Waals surface area contributed by atoms with Gasteiger partial charge in [-0.15, -0.1) is 0 Å². The predicted molar refractivity (Wildman–Crippen MR) is 64.2 cm³/mol. The van der Waals surface area contributed by atoms with E-state index in [-0.39, 0.29) is 5.69 Å². The van der Waals surface area contributed by atoms with Crippen LogP contribution in [-0.4, -0.2) is 17.0 Å². The number of amides is 2. The Bertz CT molecular complexity index is 604. The van der Waals surface area contributed by atoms with Gasteiger partial charge >= 0.3 is 0 Å². The Labute approximate surface area is 103 Å². The van der Waals surface area contributed by atoms with Gasteiger partial charge < -0.3 is 15.6 Å². The van der Waals surface area contributed by atoms with Crippen molar-refractivity contribution in [3.05, 3.63) is 47.3 Å². The van der Waals surface area contributed by atoms with Gasteiger partial charge in [-0.25, -0.2) is 0 Å². The first-order chi connectivity index (χ1) is 8.56. The molecule has 0 spiro atoms. The molecule has 1 heterocycles. The molecular weight excluding hydrogens is 234 g/mol. The molecule has 0 saturated carbocycles. The minimum absolute atomic E-state index is 0.178. The highest BCUT2D eigenvalue weighted by atomic mass is 16.5. The van der Waals surface area contributed by atoms with E-state index in [0.29, 0.717) is 17.0 Å². The molecule has 0 unspecified atom stereocenters. The summed E-state index contributed by atoms with van der Waals surface area (Å²) in [5, 5.41) is 6.19. The van der Waals surface area contributed by atoms with E-state index in [2.05, 4.69) is 10.5 Å². The predicted octanol–water partition coefficient (Wildman–Crippen LogP) is 1.33. The van der Waals surface area contributed by atoms with Gasteiger partial charge in [0.1, 0.15) is 5.76 Å². The number of nitrogens with zero attached hydrogens (tertiary/aromatic N) is 1. The Kier molecular flexibility index (Phi) is 3.09. The molecule has 0 aliphatic heterocycles. The van der Waals surface area contributed by atoms with E-state index < -0.39 is 11.8 Å². The van der Waals surface area contributed by atoms with E-state index >= 15 is 0 Å². The zero-order valence-corrected chi connectivity index (χ0v) is 9.64. The lowest BCUT2D eigenvalue weighted by Crippen LogP contribution is -2.14. The maximum atomic E-state index is 11.8. The minimum atomic E-state index is -0.552. The van der Waals surface area contributed by atoms with E-state index in [1.165, 1.54) is 12.1 Å². The normalized spacial score (nSPS) is 10.1. The zero-order valence-electron chi connectivity index (χ0n) is 9.64. The molecule has 18 heavy (non-hydrogen) atoms. The third-order valence-corrected chi connectivity index (χ3v) is 2.27. The number of primary amides is 1. The minimum Gasteiger partial charge on any atom is -0.366 e. The van der Waals surface area contributed by atoms with E-state index in [9.17, 15) is 9.59 Å². The van der Waals surface area contributed by atoms with Crippen molar-refractivity contribution in [3.63, 3.8) is 0 Å². The molecule has 0 saturated heterocycles. The van der Waals surface area contributed by atoms with Crippen molar-refractivity contribution in [2.75, 3.05) is 5.32 Å². The quantitative estimate of drug-likeness (QED) is 0.852. The number of aryl methyl sites for hydroxylation is 1. The summed E-state index contributed by atoms with van der Waals surface area (Å²) in [7, 11) is 0. The van der Waals surface area contributed by atoms with Gasteiger partial charge in [-0.3, -0.25) is 9.59 Å². The van der Waals surface area contributed by atoms with Crippen molar-refractivity contribution in [1.29, 1.82) is 0 Å². The van der Waals surface area contributed by atoms with Gasteiger partial charge in [0.15, 0.2) is 5.69 Å². The highest BCUT2D eigenvalue weighted by Crippen LogP contribution is 2.12. The fraction of sp³-hybridized carbons (Fsp3) is 0.0833. The molecule has 0 aliphatic rings. The molecule has 0 aliphatic carbocycles. The topological polar surface area (TPSA) is 98.2 Å². The number of nitrogens with one attached hydrogen (secondary N) is 1. The Morgan fingerprint density at radius 1 is 1.33 bits per heavy atom. The Hall–Kier alpha value is -2.63. The van der Waals surface area contributed by atoms with Gasteiger partial charge in [-0.2, -0.15) is 0 Å². The van der Waals surface area contributed by atoms with Crippen molar-refractivity contribution in [3.8, 4) is 0 Å². The third-order valence-electron chi connectivity index (χ3n) is 2.27. The maximum absolute atomic E-state index is 11.8. The van der Waals surface area contributed by atoms with E-state index in [1.54, 1.807) is 25.1 Å². The summed E-state index contributed by atoms with van der Waals surface area (Å²) in [4.78, 5) is 22.8. The van der Waals surface area contributed by atoms with Crippen LogP contribution in [0.25, 0.3) is 0 Å². The smallest absolute Gasteiger partial charge is 0.277 e. The molecule has 1 aromatic heterocycles. The number of hydrogen-bond acceptors (Lipinski definition) is 4.